The molecular formula is C39H50F2N6O6S. The molecule has 54 heavy (non-hydrogen) atoms. The lowest BCUT2D eigenvalue weighted by atomic mass is 9.84. The standard InChI is InChI=1S/C39H48N6O6S.2FH/c1-44(27-10-12-28(13-11-27)51-38(49)39(50,26-6-2-3-7-26)35-8-4-21-52-35)19-5-20-45-32-16-9-25(22-31(32)42-43-45)23-40-24-34(47)29-14-17-33(46)37-30(29)15-18-36(48)41-37;;/h4,8-9,14-18,21-22,26-28,34,40,46-47,50H,2-3,5-7,10-13,19-20,23-24H2,1H3,(H,41,48);2*1H/t27?,28?,34-,39+;;/m0../s1. The van der Waals surface area contributed by atoms with Gasteiger partial charge >= 0.3 is 5.97 Å². The SMILES string of the molecule is CN(CCCn1nnc2cc(CNC[C@H](O)c3ccc(O)c4[nH]c(=O)ccc34)ccc21)C1CCC(OC(=O)[C@](O)(c2cccs2)C2CCCC2)CC1.F.F. The molecule has 2 atom stereocenters. The maximum Gasteiger partial charge on any atom is 0.344 e. The van der Waals surface area contributed by atoms with E-state index in [-0.39, 0.29) is 39.3 Å². The van der Waals surface area contributed by atoms with Crippen LogP contribution in [0.3, 0.4) is 0 Å². The topological polar surface area (TPSA) is 166 Å². The number of benzene rings is 2. The highest BCUT2D eigenvalue weighted by molar-refractivity contribution is 7.10. The number of pyridine rings is 1. The Morgan fingerprint density at radius 3 is 2.61 bits per heavy atom. The van der Waals surface area contributed by atoms with Gasteiger partial charge in [0.05, 0.1) is 17.1 Å². The fourth-order valence-electron chi connectivity index (χ4n) is 8.11. The van der Waals surface area contributed by atoms with E-state index in [4.69, 9.17) is 4.74 Å². The molecule has 0 spiro atoms. The summed E-state index contributed by atoms with van der Waals surface area (Å²) in [4.78, 5) is 30.9. The zero-order chi connectivity index (χ0) is 36.2. The summed E-state index contributed by atoms with van der Waals surface area (Å²) in [6.45, 7) is 2.46. The van der Waals surface area contributed by atoms with Crippen LogP contribution in [-0.2, 0) is 28.2 Å². The first-order chi connectivity index (χ1) is 25.2. The number of rotatable bonds is 14. The number of carbonyl (C=O) groups excluding carboxylic acids is 1. The number of aromatic nitrogens is 4. The van der Waals surface area contributed by atoms with Crippen LogP contribution in [0.4, 0.5) is 9.41 Å². The summed E-state index contributed by atoms with van der Waals surface area (Å²) in [5, 5.41) is 47.3. The number of aryl methyl sites for hydroxylation is 1. The van der Waals surface area contributed by atoms with Crippen LogP contribution >= 0.6 is 11.3 Å². The van der Waals surface area contributed by atoms with Gasteiger partial charge in [-0.1, -0.05) is 36.3 Å². The Morgan fingerprint density at radius 2 is 1.87 bits per heavy atom. The molecule has 15 heteroatoms. The number of phenolic OH excluding ortho intramolecular Hbond substituents is 1. The number of carbonyl (C=O) groups is 1. The van der Waals surface area contributed by atoms with Gasteiger partial charge in [-0.15, -0.1) is 16.4 Å². The molecule has 12 nitrogen and oxygen atoms in total. The van der Waals surface area contributed by atoms with E-state index in [0.717, 1.165) is 87.5 Å². The van der Waals surface area contributed by atoms with Crippen LogP contribution in [0.15, 0.2) is 64.8 Å². The van der Waals surface area contributed by atoms with Crippen LogP contribution in [0.2, 0.25) is 0 Å². The Bertz CT molecular complexity index is 2050. The van der Waals surface area contributed by atoms with Gasteiger partial charge in [-0.3, -0.25) is 14.2 Å². The van der Waals surface area contributed by atoms with Crippen LogP contribution in [0.1, 0.15) is 79.9 Å². The normalized spacial score (nSPS) is 19.3. The number of hydrogen-bond donors (Lipinski definition) is 5. The van der Waals surface area contributed by atoms with E-state index in [0.29, 0.717) is 33.9 Å². The van der Waals surface area contributed by atoms with Crippen LogP contribution in [0, 0.1) is 5.92 Å². The molecule has 0 radical (unpaired) electrons. The summed E-state index contributed by atoms with van der Waals surface area (Å²) < 4.78 is 7.96. The lowest BCUT2D eigenvalue weighted by molar-refractivity contribution is -0.180. The van der Waals surface area contributed by atoms with Crippen molar-refractivity contribution in [2.75, 3.05) is 20.1 Å². The minimum Gasteiger partial charge on any atom is -0.506 e. The highest BCUT2D eigenvalue weighted by Crippen LogP contribution is 2.44. The molecule has 0 unspecified atom stereocenters. The Morgan fingerprint density at radius 1 is 1.09 bits per heavy atom. The van der Waals surface area contributed by atoms with Gasteiger partial charge in [0.2, 0.25) is 5.56 Å². The number of fused-ring (bicyclic) bond motifs is 2. The summed E-state index contributed by atoms with van der Waals surface area (Å²) in [5.41, 5.74) is 1.87. The third kappa shape index (κ3) is 8.65. The van der Waals surface area contributed by atoms with E-state index in [1.165, 1.54) is 23.5 Å². The van der Waals surface area contributed by atoms with Gasteiger partial charge in [0.1, 0.15) is 17.4 Å². The second-order valence-electron chi connectivity index (χ2n) is 14.5. The monoisotopic (exact) mass is 768 g/mol. The lowest BCUT2D eigenvalue weighted by Gasteiger charge is -2.37. The van der Waals surface area contributed by atoms with Crippen molar-refractivity contribution in [3.05, 3.63) is 86.3 Å². The van der Waals surface area contributed by atoms with Gasteiger partial charge < -0.3 is 35.3 Å². The van der Waals surface area contributed by atoms with E-state index in [1.54, 1.807) is 12.1 Å². The number of esters is 1. The van der Waals surface area contributed by atoms with Crippen molar-refractivity contribution in [1.29, 1.82) is 0 Å². The smallest absolute Gasteiger partial charge is 0.344 e. The second kappa shape index (κ2) is 17.9. The number of aliphatic hydroxyl groups excluding tert-OH is 1. The summed E-state index contributed by atoms with van der Waals surface area (Å²) in [5.74, 6) is -0.590. The minimum absolute atomic E-state index is 0. The van der Waals surface area contributed by atoms with E-state index >= 15 is 0 Å². The molecule has 0 aliphatic heterocycles. The first-order valence-corrected chi connectivity index (χ1v) is 19.3. The Labute approximate surface area is 315 Å². The van der Waals surface area contributed by atoms with Crippen molar-refractivity contribution in [2.24, 2.45) is 5.92 Å². The first kappa shape index (κ1) is 40.9. The molecule has 2 fully saturated rings. The maximum absolute atomic E-state index is 13.5. The highest BCUT2D eigenvalue weighted by atomic mass is 32.1. The molecule has 0 saturated heterocycles. The van der Waals surface area contributed by atoms with Crippen LogP contribution < -0.4 is 10.9 Å². The molecular weight excluding hydrogens is 719 g/mol. The lowest BCUT2D eigenvalue weighted by Crippen LogP contribution is -2.45. The summed E-state index contributed by atoms with van der Waals surface area (Å²) >= 11 is 1.43. The molecule has 3 aromatic heterocycles. The third-order valence-corrected chi connectivity index (χ3v) is 12.1. The summed E-state index contributed by atoms with van der Waals surface area (Å²) in [7, 11) is 2.16. The van der Waals surface area contributed by atoms with E-state index in [2.05, 4.69) is 32.6 Å². The summed E-state index contributed by atoms with van der Waals surface area (Å²) in [6.07, 6.45) is 7.18. The van der Waals surface area contributed by atoms with E-state index < -0.39 is 17.7 Å². The quantitative estimate of drug-likeness (QED) is 0.0922. The zero-order valence-corrected chi connectivity index (χ0v) is 31.2. The fraction of sp³-hybridized carbons (Fsp3) is 0.487. The van der Waals surface area contributed by atoms with Crippen molar-refractivity contribution >= 4 is 39.2 Å². The Hall–Kier alpha value is -4.28. The number of phenols is 1. The van der Waals surface area contributed by atoms with E-state index in [1.807, 2.05) is 40.4 Å². The van der Waals surface area contributed by atoms with Crippen LogP contribution in [0.5, 0.6) is 5.75 Å². The zero-order valence-electron chi connectivity index (χ0n) is 30.4. The van der Waals surface area contributed by atoms with Crippen molar-refractivity contribution < 1.29 is 34.3 Å². The minimum atomic E-state index is -1.54. The molecule has 7 rings (SSSR count). The molecule has 292 valence electrons. The number of aliphatic hydroxyl groups is 2. The van der Waals surface area contributed by atoms with Gasteiger partial charge in [-0.05, 0) is 105 Å². The average molecular weight is 769 g/mol. The summed E-state index contributed by atoms with van der Waals surface area (Å²) in [6, 6.07) is 16.4. The molecule has 2 aliphatic rings. The predicted octanol–water partition coefficient (Wildman–Crippen LogP) is 5.42. The van der Waals surface area contributed by atoms with Crippen molar-refractivity contribution in [3.63, 3.8) is 0 Å². The van der Waals surface area contributed by atoms with E-state index in [9.17, 15) is 24.9 Å². The molecule has 2 saturated carbocycles. The number of ether oxygens (including phenoxy) is 1. The van der Waals surface area contributed by atoms with Gasteiger partial charge in [0.15, 0.2) is 5.60 Å². The number of nitrogens with zero attached hydrogens (tertiary/aromatic N) is 4. The Balaban J connectivity index is 0.00000280. The van der Waals surface area contributed by atoms with Gasteiger partial charge in [-0.25, -0.2) is 9.48 Å². The van der Waals surface area contributed by atoms with Gasteiger partial charge in [-0.2, -0.15) is 0 Å². The van der Waals surface area contributed by atoms with Gasteiger partial charge in [0.25, 0.3) is 0 Å². The number of hydrogen-bond acceptors (Lipinski definition) is 11. The predicted molar refractivity (Wildman–Crippen MR) is 205 cm³/mol. The van der Waals surface area contributed by atoms with Gasteiger partial charge in [0, 0.05) is 47.9 Å². The largest absolute Gasteiger partial charge is 0.506 e. The number of halogens is 2. The van der Waals surface area contributed by atoms with Crippen molar-refractivity contribution in [1.82, 2.24) is 30.2 Å². The number of nitrogens with one attached hydrogen (secondary N) is 2. The molecule has 5 N–H and O–H groups in total. The molecule has 2 aliphatic carbocycles. The maximum atomic E-state index is 13.5. The fourth-order valence-corrected chi connectivity index (χ4v) is 9.00. The van der Waals surface area contributed by atoms with Crippen molar-refractivity contribution in [2.45, 2.75) is 94.7 Å². The molecule has 5 aromatic rings. The average Bonchev–Trinajstić information content (AvgIpc) is 3.96. The van der Waals surface area contributed by atoms with Crippen molar-refractivity contribution in [3.8, 4) is 5.75 Å². The number of H-pyrrole nitrogens is 1. The number of aromatic hydroxyl groups is 1. The molecule has 3 heterocycles. The number of aromatic amines is 1. The molecule has 2 aromatic carbocycles. The first-order valence-electron chi connectivity index (χ1n) is 18.4. The molecule has 0 amide bonds. The highest BCUT2D eigenvalue weighted by Gasteiger charge is 2.49. The Kier molecular flexibility index (Phi) is 13.6. The molecule has 0 bridgehead atoms. The second-order valence-corrected chi connectivity index (χ2v) is 15.4. The third-order valence-electron chi connectivity index (χ3n) is 11.1. The number of thiophene rings is 1. The van der Waals surface area contributed by atoms with Crippen LogP contribution in [-0.4, -0.2) is 78.4 Å². The van der Waals surface area contributed by atoms with Crippen LogP contribution in [0.25, 0.3) is 21.9 Å².